The SMILES string of the molecule is Oc1cc(-c2ccc(C(F)(F)F)cc2)c(O)cc1-c1ccc(C(F)(F)F)cc1. The fourth-order valence-corrected chi connectivity index (χ4v) is 2.72. The zero-order valence-electron chi connectivity index (χ0n) is 13.9. The van der Waals surface area contributed by atoms with Gasteiger partial charge in [0, 0.05) is 11.1 Å². The fraction of sp³-hybridized carbons (Fsp3) is 0.100. The standard InChI is InChI=1S/C20H12F6O2/c21-19(22,23)13-5-1-11(2-6-13)15-9-18(28)16(10-17(15)27)12-3-7-14(8-4-12)20(24,25)26/h1-10,27-28H. The summed E-state index contributed by atoms with van der Waals surface area (Å²) in [4.78, 5) is 0. The monoisotopic (exact) mass is 398 g/mol. The van der Waals surface area contributed by atoms with Gasteiger partial charge in [-0.25, -0.2) is 0 Å². The van der Waals surface area contributed by atoms with Crippen LogP contribution in [-0.2, 0) is 12.4 Å². The molecule has 0 fully saturated rings. The lowest BCUT2D eigenvalue weighted by Gasteiger charge is -2.13. The van der Waals surface area contributed by atoms with E-state index >= 15 is 0 Å². The van der Waals surface area contributed by atoms with Crippen LogP contribution in [0.3, 0.4) is 0 Å². The van der Waals surface area contributed by atoms with Crippen molar-refractivity contribution in [3.63, 3.8) is 0 Å². The largest absolute Gasteiger partial charge is 0.507 e. The first-order chi connectivity index (χ1) is 13.0. The Kier molecular flexibility index (Phi) is 4.74. The summed E-state index contributed by atoms with van der Waals surface area (Å²) in [5.41, 5.74) is -1.08. The van der Waals surface area contributed by atoms with Gasteiger partial charge in [0.25, 0.3) is 0 Å². The topological polar surface area (TPSA) is 40.5 Å². The number of aromatic hydroxyl groups is 2. The maximum atomic E-state index is 12.6. The van der Waals surface area contributed by atoms with Crippen LogP contribution in [0, 0.1) is 0 Å². The molecule has 2 N–H and O–H groups in total. The first-order valence-corrected chi connectivity index (χ1v) is 7.88. The number of halogens is 6. The molecule has 146 valence electrons. The van der Waals surface area contributed by atoms with E-state index < -0.39 is 23.5 Å². The smallest absolute Gasteiger partial charge is 0.416 e. The van der Waals surface area contributed by atoms with Crippen molar-refractivity contribution in [2.75, 3.05) is 0 Å². The van der Waals surface area contributed by atoms with Crippen LogP contribution in [0.5, 0.6) is 11.5 Å². The fourth-order valence-electron chi connectivity index (χ4n) is 2.72. The first-order valence-electron chi connectivity index (χ1n) is 7.88. The lowest BCUT2D eigenvalue weighted by atomic mass is 9.97. The molecule has 8 heteroatoms. The minimum Gasteiger partial charge on any atom is -0.507 e. The quantitative estimate of drug-likeness (QED) is 0.384. The molecule has 3 rings (SSSR count). The van der Waals surface area contributed by atoms with Gasteiger partial charge in [0.15, 0.2) is 0 Å². The van der Waals surface area contributed by atoms with Crippen molar-refractivity contribution in [1.82, 2.24) is 0 Å². The molecule has 3 aromatic carbocycles. The van der Waals surface area contributed by atoms with E-state index in [1.165, 1.54) is 0 Å². The van der Waals surface area contributed by atoms with Crippen LogP contribution >= 0.6 is 0 Å². The Morgan fingerprint density at radius 1 is 0.500 bits per heavy atom. The summed E-state index contributed by atoms with van der Waals surface area (Å²) in [5.74, 6) is -0.681. The molecule has 0 aliphatic rings. The van der Waals surface area contributed by atoms with E-state index in [2.05, 4.69) is 0 Å². The molecular formula is C20H12F6O2. The Morgan fingerprint density at radius 2 is 0.786 bits per heavy atom. The molecule has 28 heavy (non-hydrogen) atoms. The van der Waals surface area contributed by atoms with E-state index in [-0.39, 0.29) is 33.8 Å². The number of phenolic OH excluding ortho intramolecular Hbond substituents is 2. The van der Waals surface area contributed by atoms with Gasteiger partial charge in [0.2, 0.25) is 0 Å². The van der Waals surface area contributed by atoms with E-state index in [9.17, 15) is 36.6 Å². The first kappa shape index (κ1) is 19.6. The summed E-state index contributed by atoms with van der Waals surface area (Å²) in [6.45, 7) is 0. The number of benzene rings is 3. The lowest BCUT2D eigenvalue weighted by molar-refractivity contribution is -0.138. The highest BCUT2D eigenvalue weighted by Crippen LogP contribution is 2.41. The average Bonchev–Trinajstić information content (AvgIpc) is 2.62. The Labute approximate surface area is 155 Å². The molecule has 0 aliphatic carbocycles. The van der Waals surface area contributed by atoms with E-state index in [0.29, 0.717) is 0 Å². The highest BCUT2D eigenvalue weighted by Gasteiger charge is 2.31. The molecule has 0 spiro atoms. The molecule has 0 bridgehead atoms. The zero-order chi connectivity index (χ0) is 20.7. The van der Waals surface area contributed by atoms with Gasteiger partial charge in [0.05, 0.1) is 11.1 Å². The second-order valence-corrected chi connectivity index (χ2v) is 6.04. The predicted molar refractivity (Wildman–Crippen MR) is 90.6 cm³/mol. The molecule has 0 atom stereocenters. The van der Waals surface area contributed by atoms with Crippen molar-refractivity contribution in [2.45, 2.75) is 12.4 Å². The van der Waals surface area contributed by atoms with Crippen molar-refractivity contribution < 1.29 is 36.6 Å². The highest BCUT2D eigenvalue weighted by atomic mass is 19.4. The van der Waals surface area contributed by atoms with Crippen LogP contribution < -0.4 is 0 Å². The van der Waals surface area contributed by atoms with Crippen molar-refractivity contribution in [3.05, 3.63) is 71.8 Å². The third-order valence-corrected chi connectivity index (χ3v) is 4.16. The van der Waals surface area contributed by atoms with E-state index in [0.717, 1.165) is 60.7 Å². The number of hydrogen-bond acceptors (Lipinski definition) is 2. The summed E-state index contributed by atoms with van der Waals surface area (Å²) in [7, 11) is 0. The van der Waals surface area contributed by atoms with Crippen LogP contribution in [-0.4, -0.2) is 10.2 Å². The molecule has 0 saturated heterocycles. The Hall–Kier alpha value is -3.16. The molecule has 0 aromatic heterocycles. The summed E-state index contributed by atoms with van der Waals surface area (Å²) < 4.78 is 75.9. The maximum Gasteiger partial charge on any atom is 0.416 e. The minimum absolute atomic E-state index is 0.0851. The average molecular weight is 398 g/mol. The predicted octanol–water partition coefficient (Wildman–Crippen LogP) is 6.47. The molecule has 0 radical (unpaired) electrons. The normalized spacial score (nSPS) is 12.2. The zero-order valence-corrected chi connectivity index (χ0v) is 13.9. The second-order valence-electron chi connectivity index (χ2n) is 6.04. The van der Waals surface area contributed by atoms with Crippen molar-refractivity contribution in [2.24, 2.45) is 0 Å². The summed E-state index contributed by atoms with van der Waals surface area (Å²) in [6.07, 6.45) is -9.01. The second kappa shape index (κ2) is 6.78. The number of hydrogen-bond donors (Lipinski definition) is 2. The Balaban J connectivity index is 1.97. The van der Waals surface area contributed by atoms with E-state index in [1.807, 2.05) is 0 Å². The van der Waals surface area contributed by atoms with Gasteiger partial charge in [0.1, 0.15) is 11.5 Å². The molecule has 0 saturated carbocycles. The van der Waals surface area contributed by atoms with Gasteiger partial charge < -0.3 is 10.2 Å². The van der Waals surface area contributed by atoms with Crippen LogP contribution in [0.2, 0.25) is 0 Å². The van der Waals surface area contributed by atoms with Gasteiger partial charge >= 0.3 is 12.4 Å². The molecule has 0 heterocycles. The summed E-state index contributed by atoms with van der Waals surface area (Å²) in [5, 5.41) is 20.5. The number of rotatable bonds is 2. The Morgan fingerprint density at radius 3 is 1.04 bits per heavy atom. The summed E-state index contributed by atoms with van der Waals surface area (Å²) >= 11 is 0. The van der Waals surface area contributed by atoms with Gasteiger partial charge in [-0.3, -0.25) is 0 Å². The third kappa shape index (κ3) is 3.90. The van der Waals surface area contributed by atoms with E-state index in [4.69, 9.17) is 0 Å². The maximum absolute atomic E-state index is 12.6. The summed E-state index contributed by atoms with van der Waals surface area (Å²) in [6, 6.07) is 10.3. The Bertz CT molecular complexity index is 904. The van der Waals surface area contributed by atoms with Crippen LogP contribution in [0.1, 0.15) is 11.1 Å². The van der Waals surface area contributed by atoms with Gasteiger partial charge in [-0.15, -0.1) is 0 Å². The number of alkyl halides is 6. The van der Waals surface area contributed by atoms with Crippen molar-refractivity contribution in [3.8, 4) is 33.8 Å². The van der Waals surface area contributed by atoms with Gasteiger partial charge in [-0.2, -0.15) is 26.3 Å². The van der Waals surface area contributed by atoms with Gasteiger partial charge in [-0.05, 0) is 47.5 Å². The molecule has 3 aromatic rings. The molecule has 0 unspecified atom stereocenters. The highest BCUT2D eigenvalue weighted by molar-refractivity contribution is 5.80. The van der Waals surface area contributed by atoms with Crippen LogP contribution in [0.4, 0.5) is 26.3 Å². The number of phenols is 2. The molecule has 0 aliphatic heterocycles. The lowest BCUT2D eigenvalue weighted by Crippen LogP contribution is -2.04. The third-order valence-electron chi connectivity index (χ3n) is 4.16. The molecule has 2 nitrogen and oxygen atoms in total. The van der Waals surface area contributed by atoms with E-state index in [1.54, 1.807) is 0 Å². The van der Waals surface area contributed by atoms with Gasteiger partial charge in [-0.1, -0.05) is 24.3 Å². The minimum atomic E-state index is -4.50. The van der Waals surface area contributed by atoms with Crippen molar-refractivity contribution in [1.29, 1.82) is 0 Å². The van der Waals surface area contributed by atoms with Crippen LogP contribution in [0.25, 0.3) is 22.3 Å². The van der Waals surface area contributed by atoms with Crippen LogP contribution in [0.15, 0.2) is 60.7 Å². The van der Waals surface area contributed by atoms with Crippen molar-refractivity contribution >= 4 is 0 Å². The molecular weight excluding hydrogens is 386 g/mol. The molecule has 0 amide bonds.